The van der Waals surface area contributed by atoms with Crippen LogP contribution in [0, 0.1) is 0 Å². The second-order valence-corrected chi connectivity index (χ2v) is 7.53. The lowest BCUT2D eigenvalue weighted by molar-refractivity contribution is 0.452. The van der Waals surface area contributed by atoms with Gasteiger partial charge in [-0.25, -0.2) is 0 Å². The lowest BCUT2D eigenvalue weighted by Gasteiger charge is -2.12. The predicted molar refractivity (Wildman–Crippen MR) is 32.4 cm³/mol. The van der Waals surface area contributed by atoms with Gasteiger partial charge in [-0.2, -0.15) is 0 Å². The summed E-state index contributed by atoms with van der Waals surface area (Å²) >= 11 is 0. The molecule has 0 bridgehead atoms. The van der Waals surface area contributed by atoms with E-state index in [2.05, 4.69) is 0 Å². The summed E-state index contributed by atoms with van der Waals surface area (Å²) in [6.45, 7) is 6.11. The summed E-state index contributed by atoms with van der Waals surface area (Å²) in [5, 5.41) is 0. The Labute approximate surface area is 47.7 Å². The minimum absolute atomic E-state index is 0.329. The zero-order valence-electron chi connectivity index (χ0n) is 4.86. The fraction of sp³-hybridized carbons (Fsp3) is 1.00. The van der Waals surface area contributed by atoms with Crippen LogP contribution < -0.4 is 0 Å². The zero-order valence-corrected chi connectivity index (χ0v) is 6.86. The van der Waals surface area contributed by atoms with E-state index in [0.717, 1.165) is 0 Å². The zero-order chi connectivity index (χ0) is 5.91. The lowest BCUT2D eigenvalue weighted by atomic mass is 11.8. The summed E-state index contributed by atoms with van der Waals surface area (Å²) in [4.78, 5) is 8.24. The van der Waals surface area contributed by atoms with Gasteiger partial charge in [-0.05, 0) is 19.6 Å². The maximum atomic E-state index is 8.24. The van der Waals surface area contributed by atoms with Gasteiger partial charge in [0.2, 0.25) is 0 Å². The van der Waals surface area contributed by atoms with E-state index in [1.807, 2.05) is 19.6 Å². The summed E-state index contributed by atoms with van der Waals surface area (Å²) < 4.78 is 4.95. The van der Waals surface area contributed by atoms with E-state index in [9.17, 15) is 0 Å². The van der Waals surface area contributed by atoms with E-state index in [0.29, 0.717) is 0 Å². The molecule has 0 saturated heterocycles. The first-order valence-electron chi connectivity index (χ1n) is 2.13. The van der Waals surface area contributed by atoms with E-state index in [1.54, 1.807) is 0 Å². The van der Waals surface area contributed by atoms with Crippen molar-refractivity contribution in [2.75, 3.05) is 0 Å². The average molecular weight is 134 g/mol. The molecule has 0 unspecified atom stereocenters. The second kappa shape index (κ2) is 2.61. The van der Waals surface area contributed by atoms with Crippen molar-refractivity contribution >= 4 is 18.3 Å². The first-order valence-corrected chi connectivity index (χ1v) is 6.40. The van der Waals surface area contributed by atoms with Gasteiger partial charge in [-0.1, -0.05) is 0 Å². The van der Waals surface area contributed by atoms with Crippen LogP contribution in [0.1, 0.15) is 0 Å². The molecule has 0 aliphatic rings. The summed E-state index contributed by atoms with van der Waals surface area (Å²) in [5.41, 5.74) is 0. The highest BCUT2D eigenvalue weighted by molar-refractivity contribution is 6.73. The van der Waals surface area contributed by atoms with Crippen LogP contribution in [0.15, 0.2) is 0 Å². The molecular weight excluding hydrogens is 124 g/mol. The Kier molecular flexibility index (Phi) is 2.74. The number of hydrogen-bond donors (Lipinski definition) is 1. The van der Waals surface area contributed by atoms with Crippen molar-refractivity contribution in [2.24, 2.45) is 0 Å². The van der Waals surface area contributed by atoms with Gasteiger partial charge in [0.1, 0.15) is 0 Å². The van der Waals surface area contributed by atoms with Gasteiger partial charge in [-0.15, -0.1) is 0 Å². The van der Waals surface area contributed by atoms with Crippen molar-refractivity contribution in [1.82, 2.24) is 0 Å². The molecule has 42 valence electrons. The highest BCUT2D eigenvalue weighted by Crippen LogP contribution is 1.98. The van der Waals surface area contributed by atoms with Gasteiger partial charge in [0.05, 0.1) is 0 Å². The van der Waals surface area contributed by atoms with Crippen molar-refractivity contribution in [3.8, 4) is 0 Å². The SMILES string of the molecule is C[Si](C)(C)O[Si]O. The molecule has 0 aliphatic carbocycles. The Morgan fingerprint density at radius 3 is 1.86 bits per heavy atom. The summed E-state index contributed by atoms with van der Waals surface area (Å²) in [6, 6.07) is 0. The Bertz CT molecular complexity index is 49.4. The molecule has 0 heterocycles. The molecule has 0 aliphatic heterocycles. The molecule has 0 aromatic rings. The van der Waals surface area contributed by atoms with E-state index >= 15 is 0 Å². The van der Waals surface area contributed by atoms with Crippen LogP contribution in [0.25, 0.3) is 0 Å². The molecule has 2 radical (unpaired) electrons. The normalized spacial score (nSPS) is 12.0. The van der Waals surface area contributed by atoms with Crippen molar-refractivity contribution < 1.29 is 8.91 Å². The minimum atomic E-state index is -1.39. The highest BCUT2D eigenvalue weighted by atomic mass is 28.4. The Balaban J connectivity index is 3.15. The topological polar surface area (TPSA) is 29.5 Å². The quantitative estimate of drug-likeness (QED) is 0.553. The molecule has 0 spiro atoms. The standard InChI is InChI=1S/C3H10O2Si2/c1-7(2,3)5-6-4/h4H,1-3H3. The maximum absolute atomic E-state index is 8.24. The van der Waals surface area contributed by atoms with Crippen LogP contribution in [-0.4, -0.2) is 23.1 Å². The summed E-state index contributed by atoms with van der Waals surface area (Å²) in [5.74, 6) is 0. The third-order valence-corrected chi connectivity index (χ3v) is 3.17. The third-order valence-electron chi connectivity index (χ3n) is 0.352. The van der Waals surface area contributed by atoms with Crippen LogP contribution in [0.4, 0.5) is 0 Å². The molecule has 0 aromatic carbocycles. The largest absolute Gasteiger partial charge is 0.435 e. The van der Waals surface area contributed by atoms with E-state index < -0.39 is 8.32 Å². The minimum Gasteiger partial charge on any atom is -0.435 e. The molecule has 0 fully saturated rings. The van der Waals surface area contributed by atoms with Crippen LogP contribution in [0.2, 0.25) is 19.6 Å². The van der Waals surface area contributed by atoms with Crippen molar-refractivity contribution in [3.05, 3.63) is 0 Å². The fourth-order valence-electron chi connectivity index (χ4n) is 0.137. The molecule has 1 N–H and O–H groups in total. The number of hydrogen-bond acceptors (Lipinski definition) is 2. The van der Waals surface area contributed by atoms with Crippen molar-refractivity contribution in [3.63, 3.8) is 0 Å². The number of rotatable bonds is 2. The van der Waals surface area contributed by atoms with Gasteiger partial charge in [0, 0.05) is 0 Å². The van der Waals surface area contributed by atoms with E-state index in [-0.39, 0.29) is 10.0 Å². The van der Waals surface area contributed by atoms with Gasteiger partial charge in [0.15, 0.2) is 8.32 Å². The van der Waals surface area contributed by atoms with Gasteiger partial charge >= 0.3 is 10.0 Å². The Morgan fingerprint density at radius 1 is 1.43 bits per heavy atom. The average Bonchev–Trinajstić information content (AvgIpc) is 1.30. The van der Waals surface area contributed by atoms with Gasteiger partial charge < -0.3 is 8.91 Å². The predicted octanol–water partition coefficient (Wildman–Crippen LogP) is 0.364. The van der Waals surface area contributed by atoms with Crippen LogP contribution in [0.5, 0.6) is 0 Å². The first kappa shape index (κ1) is 7.35. The summed E-state index contributed by atoms with van der Waals surface area (Å²) in [6.07, 6.45) is 0. The molecule has 0 amide bonds. The lowest BCUT2D eigenvalue weighted by Crippen LogP contribution is -2.27. The molecule has 4 heteroatoms. The Morgan fingerprint density at radius 2 is 1.86 bits per heavy atom. The van der Waals surface area contributed by atoms with E-state index in [1.165, 1.54) is 0 Å². The first-order chi connectivity index (χ1) is 3.06. The molecule has 7 heavy (non-hydrogen) atoms. The van der Waals surface area contributed by atoms with E-state index in [4.69, 9.17) is 8.91 Å². The van der Waals surface area contributed by atoms with Crippen LogP contribution in [-0.2, 0) is 4.12 Å². The molecule has 2 nitrogen and oxygen atoms in total. The molecule has 0 atom stereocenters. The Hall–Kier alpha value is 0.354. The molecule has 0 rings (SSSR count). The van der Waals surface area contributed by atoms with Crippen molar-refractivity contribution in [1.29, 1.82) is 0 Å². The fourth-order valence-corrected chi connectivity index (χ4v) is 1.23. The highest BCUT2D eigenvalue weighted by Gasteiger charge is 2.12. The molecular formula is C3H10O2Si2. The van der Waals surface area contributed by atoms with Crippen LogP contribution >= 0.6 is 0 Å². The van der Waals surface area contributed by atoms with Crippen molar-refractivity contribution in [2.45, 2.75) is 19.6 Å². The maximum Gasteiger partial charge on any atom is 0.418 e. The van der Waals surface area contributed by atoms with Crippen LogP contribution in [0.3, 0.4) is 0 Å². The monoisotopic (exact) mass is 134 g/mol. The summed E-state index contributed by atoms with van der Waals surface area (Å²) in [7, 11) is -1.72. The molecule has 0 saturated carbocycles. The second-order valence-electron chi connectivity index (χ2n) is 2.31. The van der Waals surface area contributed by atoms with Gasteiger partial charge in [0.25, 0.3) is 0 Å². The van der Waals surface area contributed by atoms with Gasteiger partial charge in [-0.3, -0.25) is 0 Å². The molecule has 0 aromatic heterocycles. The smallest absolute Gasteiger partial charge is 0.418 e. The third kappa shape index (κ3) is 6.35.